The Labute approximate surface area is 169 Å². The number of aromatic nitrogens is 2. The van der Waals surface area contributed by atoms with E-state index in [0.29, 0.717) is 34.5 Å². The van der Waals surface area contributed by atoms with Crippen LogP contribution < -0.4 is 10.6 Å². The predicted molar refractivity (Wildman–Crippen MR) is 109 cm³/mol. The first-order chi connectivity index (χ1) is 14.2. The third-order valence-electron chi connectivity index (χ3n) is 4.07. The first-order valence-corrected chi connectivity index (χ1v) is 9.47. The molecule has 0 aliphatic rings. The van der Waals surface area contributed by atoms with Crippen molar-refractivity contribution in [2.45, 2.75) is 6.54 Å². The smallest absolute Gasteiger partial charge is 0.340 e. The molecule has 146 valence electrons. The van der Waals surface area contributed by atoms with E-state index in [1.807, 2.05) is 6.07 Å². The molecule has 0 spiro atoms. The van der Waals surface area contributed by atoms with Crippen molar-refractivity contribution >= 4 is 46.0 Å². The maximum atomic E-state index is 12.5. The van der Waals surface area contributed by atoms with Crippen LogP contribution in [0.5, 0.6) is 0 Å². The van der Waals surface area contributed by atoms with Gasteiger partial charge in [0.25, 0.3) is 5.91 Å². The van der Waals surface area contributed by atoms with E-state index in [1.165, 1.54) is 0 Å². The van der Waals surface area contributed by atoms with E-state index in [2.05, 4.69) is 19.4 Å². The molecular formula is C20H16N4O4S. The van der Waals surface area contributed by atoms with E-state index in [0.717, 1.165) is 17.5 Å². The Kier molecular flexibility index (Phi) is 5.48. The van der Waals surface area contributed by atoms with Crippen molar-refractivity contribution in [3.8, 4) is 0 Å². The molecule has 0 fully saturated rings. The lowest BCUT2D eigenvalue weighted by Crippen LogP contribution is -2.21. The molecule has 2 N–H and O–H groups in total. The maximum absolute atomic E-state index is 12.5. The Hall–Kier alpha value is -3.72. The van der Waals surface area contributed by atoms with Gasteiger partial charge >= 0.3 is 5.97 Å². The van der Waals surface area contributed by atoms with Gasteiger partial charge in [-0.05, 0) is 36.4 Å². The van der Waals surface area contributed by atoms with Gasteiger partial charge in [-0.3, -0.25) is 4.79 Å². The van der Waals surface area contributed by atoms with E-state index in [-0.39, 0.29) is 0 Å². The molecule has 2 aromatic carbocycles. The number of ether oxygens (including phenoxy) is 1. The zero-order valence-corrected chi connectivity index (χ0v) is 15.9. The summed E-state index contributed by atoms with van der Waals surface area (Å²) in [6.45, 7) is 0.00274. The molecule has 0 radical (unpaired) electrons. The van der Waals surface area contributed by atoms with Gasteiger partial charge in [0.2, 0.25) is 0 Å². The van der Waals surface area contributed by atoms with Crippen molar-refractivity contribution < 1.29 is 18.7 Å². The highest BCUT2D eigenvalue weighted by Gasteiger charge is 2.15. The summed E-state index contributed by atoms with van der Waals surface area (Å²) in [5.74, 6) is -0.325. The summed E-state index contributed by atoms with van der Waals surface area (Å²) in [6.07, 6.45) is 1.58. The van der Waals surface area contributed by atoms with Crippen LogP contribution in [0.1, 0.15) is 16.1 Å². The maximum Gasteiger partial charge on any atom is 0.340 e. The Morgan fingerprint density at radius 2 is 1.86 bits per heavy atom. The molecule has 4 rings (SSSR count). The van der Waals surface area contributed by atoms with Crippen LogP contribution in [-0.4, -0.2) is 27.2 Å². The lowest BCUT2D eigenvalue weighted by molar-refractivity contribution is -0.119. The third kappa shape index (κ3) is 4.41. The lowest BCUT2D eigenvalue weighted by atomic mass is 10.2. The van der Waals surface area contributed by atoms with Crippen molar-refractivity contribution in [1.82, 2.24) is 8.75 Å². The van der Waals surface area contributed by atoms with Crippen LogP contribution in [0.4, 0.5) is 11.4 Å². The SMILES string of the molecule is O=C(COC(=O)c1ccccc1NCc1ccco1)Nc1cccc2nsnc12. The van der Waals surface area contributed by atoms with E-state index in [9.17, 15) is 9.59 Å². The van der Waals surface area contributed by atoms with Gasteiger partial charge in [0.05, 0.1) is 35.8 Å². The number of carbonyl (C=O) groups excluding carboxylic acids is 2. The number of nitrogens with zero attached hydrogens (tertiary/aromatic N) is 2. The standard InChI is InChI=1S/C20H16N4O4S/c25-18(22-16-8-3-9-17-19(16)24-29-23-17)12-28-20(26)14-6-1-2-7-15(14)21-11-13-5-4-10-27-13/h1-10,21H,11-12H2,(H,22,25). The quantitative estimate of drug-likeness (QED) is 0.449. The number of esters is 1. The molecule has 0 saturated carbocycles. The predicted octanol–water partition coefficient (Wildman–Crippen LogP) is 3.69. The van der Waals surface area contributed by atoms with Crippen molar-refractivity contribution in [3.05, 3.63) is 72.2 Å². The van der Waals surface area contributed by atoms with Crippen molar-refractivity contribution in [2.75, 3.05) is 17.2 Å². The topological polar surface area (TPSA) is 106 Å². The third-order valence-corrected chi connectivity index (χ3v) is 4.62. The summed E-state index contributed by atoms with van der Waals surface area (Å²) in [5, 5.41) is 5.83. The number of benzene rings is 2. The van der Waals surface area contributed by atoms with Gasteiger partial charge in [-0.25, -0.2) is 4.79 Å². The minimum atomic E-state index is -0.601. The lowest BCUT2D eigenvalue weighted by Gasteiger charge is -2.11. The molecule has 0 atom stereocenters. The first kappa shape index (κ1) is 18.6. The fraction of sp³-hybridized carbons (Fsp3) is 0.100. The molecule has 0 bridgehead atoms. The molecule has 1 amide bonds. The minimum absolute atomic E-state index is 0.331. The van der Waals surface area contributed by atoms with Crippen LogP contribution in [0.25, 0.3) is 11.0 Å². The van der Waals surface area contributed by atoms with Gasteiger partial charge in [0, 0.05) is 5.69 Å². The van der Waals surface area contributed by atoms with Gasteiger partial charge in [-0.1, -0.05) is 18.2 Å². The Balaban J connectivity index is 1.37. The average molecular weight is 408 g/mol. The number of amides is 1. The number of anilines is 2. The van der Waals surface area contributed by atoms with Gasteiger partial charge in [0.1, 0.15) is 16.8 Å². The number of nitrogens with one attached hydrogen (secondary N) is 2. The van der Waals surface area contributed by atoms with Gasteiger partial charge in [-0.15, -0.1) is 0 Å². The molecule has 2 heterocycles. The molecule has 0 aliphatic carbocycles. The van der Waals surface area contributed by atoms with Crippen molar-refractivity contribution in [2.24, 2.45) is 0 Å². The van der Waals surface area contributed by atoms with Crippen LogP contribution in [-0.2, 0) is 16.1 Å². The highest BCUT2D eigenvalue weighted by molar-refractivity contribution is 7.00. The average Bonchev–Trinajstić information content (AvgIpc) is 3.43. The number of hydrogen-bond acceptors (Lipinski definition) is 8. The fourth-order valence-electron chi connectivity index (χ4n) is 2.71. The largest absolute Gasteiger partial charge is 0.467 e. The zero-order chi connectivity index (χ0) is 20.1. The van der Waals surface area contributed by atoms with Crippen LogP contribution in [0.3, 0.4) is 0 Å². The molecule has 8 nitrogen and oxygen atoms in total. The van der Waals surface area contributed by atoms with Crippen molar-refractivity contribution in [3.63, 3.8) is 0 Å². The number of fused-ring (bicyclic) bond motifs is 1. The van der Waals surface area contributed by atoms with Crippen LogP contribution in [0.2, 0.25) is 0 Å². The normalized spacial score (nSPS) is 10.6. The van der Waals surface area contributed by atoms with Crippen LogP contribution >= 0.6 is 11.7 Å². The zero-order valence-electron chi connectivity index (χ0n) is 15.1. The molecule has 4 aromatic rings. The van der Waals surface area contributed by atoms with E-state index < -0.39 is 18.5 Å². The first-order valence-electron chi connectivity index (χ1n) is 8.74. The second-order valence-electron chi connectivity index (χ2n) is 6.04. The van der Waals surface area contributed by atoms with Gasteiger partial charge in [0.15, 0.2) is 6.61 Å². The van der Waals surface area contributed by atoms with Crippen LogP contribution in [0.15, 0.2) is 65.3 Å². The van der Waals surface area contributed by atoms with Crippen molar-refractivity contribution in [1.29, 1.82) is 0 Å². The minimum Gasteiger partial charge on any atom is -0.467 e. The Bertz CT molecular complexity index is 1140. The number of para-hydroxylation sites is 1. The number of rotatable bonds is 7. The molecule has 0 unspecified atom stereocenters. The fourth-order valence-corrected chi connectivity index (χ4v) is 3.26. The number of furan rings is 1. The van der Waals surface area contributed by atoms with E-state index in [1.54, 1.807) is 54.8 Å². The second kappa shape index (κ2) is 8.53. The monoisotopic (exact) mass is 408 g/mol. The summed E-state index contributed by atoms with van der Waals surface area (Å²) in [4.78, 5) is 24.7. The second-order valence-corrected chi connectivity index (χ2v) is 6.57. The summed E-state index contributed by atoms with van der Waals surface area (Å²) in [5.41, 5.74) is 2.74. The summed E-state index contributed by atoms with van der Waals surface area (Å²) >= 11 is 1.06. The number of hydrogen-bond donors (Lipinski definition) is 2. The molecule has 2 aromatic heterocycles. The van der Waals surface area contributed by atoms with Gasteiger partial charge in [-0.2, -0.15) is 8.75 Å². The molecular weight excluding hydrogens is 392 g/mol. The highest BCUT2D eigenvalue weighted by atomic mass is 32.1. The molecule has 29 heavy (non-hydrogen) atoms. The molecule has 0 saturated heterocycles. The van der Waals surface area contributed by atoms with Crippen LogP contribution in [0, 0.1) is 0 Å². The van der Waals surface area contributed by atoms with Gasteiger partial charge < -0.3 is 19.8 Å². The highest BCUT2D eigenvalue weighted by Crippen LogP contribution is 2.21. The summed E-state index contributed by atoms with van der Waals surface area (Å²) < 4.78 is 18.7. The number of carbonyl (C=O) groups is 2. The molecule has 9 heteroatoms. The Morgan fingerprint density at radius 1 is 1.00 bits per heavy atom. The summed E-state index contributed by atoms with van der Waals surface area (Å²) in [6, 6.07) is 15.8. The summed E-state index contributed by atoms with van der Waals surface area (Å²) in [7, 11) is 0. The Morgan fingerprint density at radius 3 is 2.72 bits per heavy atom. The van der Waals surface area contributed by atoms with E-state index in [4.69, 9.17) is 9.15 Å². The molecule has 0 aliphatic heterocycles. The van der Waals surface area contributed by atoms with E-state index >= 15 is 0 Å².